The highest BCUT2D eigenvalue weighted by molar-refractivity contribution is 4.84. The molecule has 0 bridgehead atoms. The van der Waals surface area contributed by atoms with Crippen LogP contribution in [0, 0.1) is 6.92 Å². The lowest BCUT2D eigenvalue weighted by Crippen LogP contribution is -2.31. The number of aromatic nitrogens is 2. The van der Waals surface area contributed by atoms with E-state index < -0.39 is 0 Å². The first-order chi connectivity index (χ1) is 6.75. The van der Waals surface area contributed by atoms with Gasteiger partial charge in [-0.05, 0) is 26.2 Å². The predicted molar refractivity (Wildman–Crippen MR) is 49.4 cm³/mol. The molecule has 1 saturated carbocycles. The number of nitrogens with two attached hydrogens (primary N) is 1. The Morgan fingerprint density at radius 3 is 3.00 bits per heavy atom. The largest absolute Gasteiger partial charge is 0.367 e. The van der Waals surface area contributed by atoms with Crippen LogP contribution in [0.25, 0.3) is 0 Å². The minimum Gasteiger partial charge on any atom is -0.367 e. The van der Waals surface area contributed by atoms with Crippen molar-refractivity contribution in [3.8, 4) is 0 Å². The highest BCUT2D eigenvalue weighted by Crippen LogP contribution is 2.21. The highest BCUT2D eigenvalue weighted by Gasteiger charge is 2.24. The zero-order chi connectivity index (χ0) is 9.97. The summed E-state index contributed by atoms with van der Waals surface area (Å²) in [6, 6.07) is 0.166. The lowest BCUT2D eigenvalue weighted by molar-refractivity contribution is 0.0216. The SMILES string of the molecule is Cc1noc(COC2CCCC2N)n1. The van der Waals surface area contributed by atoms with Gasteiger partial charge in [0.15, 0.2) is 5.82 Å². The molecule has 0 amide bonds. The van der Waals surface area contributed by atoms with E-state index in [1.165, 1.54) is 0 Å². The number of hydrogen-bond donors (Lipinski definition) is 1. The molecule has 2 rings (SSSR count). The van der Waals surface area contributed by atoms with Gasteiger partial charge in [-0.3, -0.25) is 0 Å². The lowest BCUT2D eigenvalue weighted by Gasteiger charge is -2.14. The molecule has 5 nitrogen and oxygen atoms in total. The molecule has 0 aliphatic heterocycles. The Kier molecular flexibility index (Phi) is 2.79. The number of rotatable bonds is 3. The Hall–Kier alpha value is -0.940. The Balaban J connectivity index is 1.82. The summed E-state index contributed by atoms with van der Waals surface area (Å²) in [6.07, 6.45) is 3.39. The second-order valence-corrected chi connectivity index (χ2v) is 3.68. The second kappa shape index (κ2) is 4.06. The van der Waals surface area contributed by atoms with E-state index >= 15 is 0 Å². The van der Waals surface area contributed by atoms with Crippen LogP contribution in [0.4, 0.5) is 0 Å². The molecule has 0 aromatic carbocycles. The first-order valence-electron chi connectivity index (χ1n) is 4.92. The molecule has 14 heavy (non-hydrogen) atoms. The molecule has 2 atom stereocenters. The Morgan fingerprint density at radius 2 is 2.43 bits per heavy atom. The van der Waals surface area contributed by atoms with E-state index in [-0.39, 0.29) is 12.1 Å². The molecule has 1 aliphatic carbocycles. The van der Waals surface area contributed by atoms with Crippen molar-refractivity contribution in [1.29, 1.82) is 0 Å². The Bertz CT molecular complexity index is 300. The first-order valence-corrected chi connectivity index (χ1v) is 4.92. The number of hydrogen-bond acceptors (Lipinski definition) is 5. The quantitative estimate of drug-likeness (QED) is 0.774. The van der Waals surface area contributed by atoms with Crippen molar-refractivity contribution in [2.75, 3.05) is 0 Å². The minimum atomic E-state index is 0.155. The van der Waals surface area contributed by atoms with Crippen LogP contribution in [-0.2, 0) is 11.3 Å². The molecule has 2 N–H and O–H groups in total. The predicted octanol–water partition coefficient (Wildman–Crippen LogP) is 0.774. The van der Waals surface area contributed by atoms with Crippen molar-refractivity contribution in [2.24, 2.45) is 5.73 Å². The Morgan fingerprint density at radius 1 is 1.57 bits per heavy atom. The van der Waals surface area contributed by atoms with Gasteiger partial charge in [-0.25, -0.2) is 0 Å². The van der Waals surface area contributed by atoms with E-state index in [9.17, 15) is 0 Å². The van der Waals surface area contributed by atoms with Gasteiger partial charge < -0.3 is 15.0 Å². The molecule has 0 spiro atoms. The van der Waals surface area contributed by atoms with Crippen LogP contribution >= 0.6 is 0 Å². The van der Waals surface area contributed by atoms with Gasteiger partial charge in [0.05, 0.1) is 6.10 Å². The van der Waals surface area contributed by atoms with Crippen molar-refractivity contribution < 1.29 is 9.26 Å². The van der Waals surface area contributed by atoms with Gasteiger partial charge in [-0.15, -0.1) is 0 Å². The maximum Gasteiger partial charge on any atom is 0.252 e. The Labute approximate surface area is 82.6 Å². The molecule has 1 heterocycles. The number of ether oxygens (including phenoxy) is 1. The van der Waals surface area contributed by atoms with Crippen molar-refractivity contribution in [3.05, 3.63) is 11.7 Å². The fourth-order valence-electron chi connectivity index (χ4n) is 1.74. The fraction of sp³-hybridized carbons (Fsp3) is 0.778. The third-order valence-corrected chi connectivity index (χ3v) is 2.49. The zero-order valence-electron chi connectivity index (χ0n) is 8.27. The van der Waals surface area contributed by atoms with Crippen LogP contribution in [0.3, 0.4) is 0 Å². The molecular weight excluding hydrogens is 182 g/mol. The third kappa shape index (κ3) is 2.10. The van der Waals surface area contributed by atoms with Gasteiger partial charge in [-0.1, -0.05) is 5.16 Å². The van der Waals surface area contributed by atoms with Gasteiger partial charge >= 0.3 is 0 Å². The zero-order valence-corrected chi connectivity index (χ0v) is 8.27. The summed E-state index contributed by atoms with van der Waals surface area (Å²) in [5.74, 6) is 1.17. The maximum atomic E-state index is 5.86. The molecule has 0 radical (unpaired) electrons. The van der Waals surface area contributed by atoms with E-state index in [0.717, 1.165) is 19.3 Å². The van der Waals surface area contributed by atoms with E-state index in [0.29, 0.717) is 18.3 Å². The normalized spacial score (nSPS) is 27.0. The van der Waals surface area contributed by atoms with Crippen molar-refractivity contribution in [2.45, 2.75) is 44.9 Å². The van der Waals surface area contributed by atoms with E-state index in [2.05, 4.69) is 10.1 Å². The highest BCUT2D eigenvalue weighted by atomic mass is 16.5. The summed E-state index contributed by atoms with van der Waals surface area (Å²) in [5, 5.41) is 3.68. The maximum absolute atomic E-state index is 5.86. The number of nitrogens with zero attached hydrogens (tertiary/aromatic N) is 2. The lowest BCUT2D eigenvalue weighted by atomic mass is 10.2. The van der Waals surface area contributed by atoms with Gasteiger partial charge in [0.1, 0.15) is 6.61 Å². The topological polar surface area (TPSA) is 74.2 Å². The summed E-state index contributed by atoms with van der Waals surface area (Å²) < 4.78 is 10.5. The van der Waals surface area contributed by atoms with Gasteiger partial charge in [-0.2, -0.15) is 4.98 Å². The molecule has 78 valence electrons. The molecule has 0 saturated heterocycles. The van der Waals surface area contributed by atoms with E-state index in [1.807, 2.05) is 0 Å². The first kappa shape index (κ1) is 9.61. The molecule has 1 aromatic heterocycles. The summed E-state index contributed by atoms with van der Waals surface area (Å²) in [6.45, 7) is 2.16. The van der Waals surface area contributed by atoms with E-state index in [1.54, 1.807) is 6.92 Å². The van der Waals surface area contributed by atoms with Crippen LogP contribution in [0.2, 0.25) is 0 Å². The molecule has 5 heteroatoms. The number of aryl methyl sites for hydroxylation is 1. The minimum absolute atomic E-state index is 0.155. The van der Waals surface area contributed by atoms with Gasteiger partial charge in [0.2, 0.25) is 0 Å². The molecular formula is C9H15N3O2. The summed E-state index contributed by atoms with van der Waals surface area (Å²) in [5.41, 5.74) is 5.86. The molecule has 2 unspecified atom stereocenters. The average molecular weight is 197 g/mol. The van der Waals surface area contributed by atoms with Crippen molar-refractivity contribution in [3.63, 3.8) is 0 Å². The van der Waals surface area contributed by atoms with Crippen LogP contribution in [0.5, 0.6) is 0 Å². The molecule has 1 fully saturated rings. The van der Waals surface area contributed by atoms with Gasteiger partial charge in [0, 0.05) is 6.04 Å². The smallest absolute Gasteiger partial charge is 0.252 e. The molecule has 1 aromatic rings. The van der Waals surface area contributed by atoms with Crippen LogP contribution in [-0.4, -0.2) is 22.3 Å². The summed E-state index contributed by atoms with van der Waals surface area (Å²) >= 11 is 0. The monoisotopic (exact) mass is 197 g/mol. The van der Waals surface area contributed by atoms with Gasteiger partial charge in [0.25, 0.3) is 5.89 Å². The van der Waals surface area contributed by atoms with Crippen molar-refractivity contribution in [1.82, 2.24) is 10.1 Å². The summed E-state index contributed by atoms with van der Waals surface area (Å²) in [7, 11) is 0. The second-order valence-electron chi connectivity index (χ2n) is 3.68. The van der Waals surface area contributed by atoms with Crippen LogP contribution in [0.15, 0.2) is 4.52 Å². The van der Waals surface area contributed by atoms with Crippen molar-refractivity contribution >= 4 is 0 Å². The fourth-order valence-corrected chi connectivity index (χ4v) is 1.74. The molecule has 1 aliphatic rings. The van der Waals surface area contributed by atoms with Crippen LogP contribution < -0.4 is 5.73 Å². The van der Waals surface area contributed by atoms with E-state index in [4.69, 9.17) is 15.0 Å². The standard InChI is InChI=1S/C9H15N3O2/c1-6-11-9(14-12-6)5-13-8-4-2-3-7(8)10/h7-8H,2-5,10H2,1H3. The summed E-state index contributed by atoms with van der Waals surface area (Å²) in [4.78, 5) is 4.05. The third-order valence-electron chi connectivity index (χ3n) is 2.49. The van der Waals surface area contributed by atoms with Crippen LogP contribution in [0.1, 0.15) is 31.0 Å². The average Bonchev–Trinajstić information content (AvgIpc) is 2.72.